The Bertz CT molecular complexity index is 1150. The minimum Gasteiger partial charge on any atom is -0.457 e. The third-order valence-electron chi connectivity index (χ3n) is 4.16. The van der Waals surface area contributed by atoms with Crippen molar-refractivity contribution in [1.29, 1.82) is 0 Å². The van der Waals surface area contributed by atoms with Crippen molar-refractivity contribution in [2.24, 2.45) is 0 Å². The molecule has 0 saturated carbocycles. The van der Waals surface area contributed by atoms with Crippen LogP contribution in [0.5, 0.6) is 11.5 Å². The van der Waals surface area contributed by atoms with Crippen LogP contribution in [0.3, 0.4) is 0 Å². The maximum absolute atomic E-state index is 6.25. The van der Waals surface area contributed by atoms with Crippen LogP contribution in [-0.4, -0.2) is 9.97 Å². The fourth-order valence-electron chi connectivity index (χ4n) is 2.67. The zero-order chi connectivity index (χ0) is 20.9. The topological polar surface area (TPSA) is 85.1 Å². The summed E-state index contributed by atoms with van der Waals surface area (Å²) in [5.74, 6) is 2.43. The number of nitrogens with two attached hydrogens (primary N) is 1. The maximum Gasteiger partial charge on any atom is 0.159 e. The molecular formula is C22H17Cl2N5O. The molecule has 0 aliphatic heterocycles. The molecule has 4 N–H and O–H groups in total. The van der Waals surface area contributed by atoms with Crippen molar-refractivity contribution < 1.29 is 4.74 Å². The summed E-state index contributed by atoms with van der Waals surface area (Å²) in [5.41, 5.74) is 8.13. The molecule has 3 aromatic carbocycles. The van der Waals surface area contributed by atoms with Crippen LogP contribution in [0.1, 0.15) is 0 Å². The van der Waals surface area contributed by atoms with Crippen LogP contribution in [0.25, 0.3) is 0 Å². The number of nitrogen functional groups attached to an aromatic ring is 1. The van der Waals surface area contributed by atoms with Gasteiger partial charge in [0.2, 0.25) is 0 Å². The number of benzene rings is 3. The van der Waals surface area contributed by atoms with Gasteiger partial charge < -0.3 is 21.1 Å². The first kappa shape index (κ1) is 19.8. The standard InChI is InChI=1S/C22H17Cl2N5O/c23-18-11-8-15(12-19(18)24)29-22-20(25)21(26-13-27-22)28-14-6-9-17(10-7-14)30-16-4-2-1-3-5-16/h1-13H,25H2,(H2,26,27,28,29). The number of anilines is 5. The molecule has 0 radical (unpaired) electrons. The summed E-state index contributed by atoms with van der Waals surface area (Å²) in [5, 5.41) is 7.22. The van der Waals surface area contributed by atoms with Crippen LogP contribution < -0.4 is 21.1 Å². The number of hydrogen-bond acceptors (Lipinski definition) is 6. The van der Waals surface area contributed by atoms with Gasteiger partial charge in [0.15, 0.2) is 11.6 Å². The second-order valence-corrected chi connectivity index (χ2v) is 7.12. The molecule has 0 saturated heterocycles. The number of halogens is 2. The Morgan fingerprint density at radius 3 is 1.97 bits per heavy atom. The Morgan fingerprint density at radius 1 is 0.700 bits per heavy atom. The summed E-state index contributed by atoms with van der Waals surface area (Å²) in [6, 6.07) is 22.3. The molecule has 0 unspecified atom stereocenters. The molecule has 4 aromatic rings. The van der Waals surface area contributed by atoms with E-state index < -0.39 is 0 Å². The summed E-state index contributed by atoms with van der Waals surface area (Å²) in [6.45, 7) is 0. The van der Waals surface area contributed by atoms with Crippen molar-refractivity contribution in [3.63, 3.8) is 0 Å². The fraction of sp³-hybridized carbons (Fsp3) is 0. The van der Waals surface area contributed by atoms with Crippen molar-refractivity contribution >= 4 is 51.9 Å². The lowest BCUT2D eigenvalue weighted by Gasteiger charge is -2.13. The van der Waals surface area contributed by atoms with Crippen molar-refractivity contribution in [3.8, 4) is 11.5 Å². The second-order valence-electron chi connectivity index (χ2n) is 6.30. The van der Waals surface area contributed by atoms with E-state index in [1.807, 2.05) is 54.6 Å². The molecular weight excluding hydrogens is 421 g/mol. The van der Waals surface area contributed by atoms with Crippen molar-refractivity contribution in [2.75, 3.05) is 16.4 Å². The summed E-state index contributed by atoms with van der Waals surface area (Å²) in [7, 11) is 0. The van der Waals surface area contributed by atoms with E-state index in [-0.39, 0.29) is 0 Å². The average molecular weight is 438 g/mol. The predicted molar refractivity (Wildman–Crippen MR) is 122 cm³/mol. The van der Waals surface area contributed by atoms with Crippen molar-refractivity contribution in [2.45, 2.75) is 0 Å². The molecule has 0 fully saturated rings. The Kier molecular flexibility index (Phi) is 5.88. The highest BCUT2D eigenvalue weighted by molar-refractivity contribution is 6.42. The van der Waals surface area contributed by atoms with Gasteiger partial charge in [-0.15, -0.1) is 0 Å². The van der Waals surface area contributed by atoms with Crippen LogP contribution in [0.15, 0.2) is 79.1 Å². The highest BCUT2D eigenvalue weighted by atomic mass is 35.5. The largest absolute Gasteiger partial charge is 0.457 e. The maximum atomic E-state index is 6.25. The van der Waals surface area contributed by atoms with Gasteiger partial charge in [0.05, 0.1) is 10.0 Å². The third-order valence-corrected chi connectivity index (χ3v) is 4.90. The molecule has 1 aromatic heterocycles. The fourth-order valence-corrected chi connectivity index (χ4v) is 2.97. The lowest BCUT2D eigenvalue weighted by Crippen LogP contribution is -2.05. The van der Waals surface area contributed by atoms with Gasteiger partial charge >= 0.3 is 0 Å². The Balaban J connectivity index is 1.48. The van der Waals surface area contributed by atoms with E-state index in [9.17, 15) is 0 Å². The number of nitrogens with zero attached hydrogens (tertiary/aromatic N) is 2. The average Bonchev–Trinajstić information content (AvgIpc) is 2.76. The summed E-state index contributed by atoms with van der Waals surface area (Å²) in [4.78, 5) is 8.44. The van der Waals surface area contributed by atoms with Gasteiger partial charge in [0, 0.05) is 11.4 Å². The van der Waals surface area contributed by atoms with E-state index in [1.165, 1.54) is 6.33 Å². The second kappa shape index (κ2) is 8.90. The van der Waals surface area contributed by atoms with Crippen LogP contribution in [0.4, 0.5) is 28.7 Å². The summed E-state index contributed by atoms with van der Waals surface area (Å²) < 4.78 is 5.80. The Labute approximate surface area is 183 Å². The van der Waals surface area contributed by atoms with Gasteiger partial charge in [-0.05, 0) is 54.6 Å². The van der Waals surface area contributed by atoms with E-state index in [2.05, 4.69) is 20.6 Å². The normalized spacial score (nSPS) is 10.5. The SMILES string of the molecule is Nc1c(Nc2ccc(Oc3ccccc3)cc2)ncnc1Nc1ccc(Cl)c(Cl)c1. The first-order valence-corrected chi connectivity index (χ1v) is 9.76. The first-order chi connectivity index (χ1) is 14.6. The lowest BCUT2D eigenvalue weighted by molar-refractivity contribution is 0.483. The van der Waals surface area contributed by atoms with Gasteiger partial charge in [-0.1, -0.05) is 41.4 Å². The smallest absolute Gasteiger partial charge is 0.159 e. The molecule has 0 aliphatic rings. The molecule has 1 heterocycles. The highest BCUT2D eigenvalue weighted by Gasteiger charge is 2.10. The molecule has 4 rings (SSSR count). The Morgan fingerprint density at radius 2 is 1.30 bits per heavy atom. The number of aromatic nitrogens is 2. The van der Waals surface area contributed by atoms with Crippen LogP contribution in [-0.2, 0) is 0 Å². The number of ether oxygens (including phenoxy) is 1. The number of nitrogens with one attached hydrogen (secondary N) is 2. The molecule has 30 heavy (non-hydrogen) atoms. The lowest BCUT2D eigenvalue weighted by atomic mass is 10.3. The first-order valence-electron chi connectivity index (χ1n) is 9.01. The summed E-state index contributed by atoms with van der Waals surface area (Å²) in [6.07, 6.45) is 1.42. The van der Waals surface area contributed by atoms with E-state index in [1.54, 1.807) is 18.2 Å². The van der Waals surface area contributed by atoms with Gasteiger partial charge in [-0.2, -0.15) is 0 Å². The van der Waals surface area contributed by atoms with E-state index in [4.69, 9.17) is 33.7 Å². The monoisotopic (exact) mass is 437 g/mol. The van der Waals surface area contributed by atoms with Crippen LogP contribution >= 0.6 is 23.2 Å². The van der Waals surface area contributed by atoms with Gasteiger partial charge in [0.25, 0.3) is 0 Å². The van der Waals surface area contributed by atoms with Crippen LogP contribution in [0.2, 0.25) is 10.0 Å². The summed E-state index contributed by atoms with van der Waals surface area (Å²) >= 11 is 12.0. The zero-order valence-electron chi connectivity index (χ0n) is 15.6. The molecule has 0 aliphatic carbocycles. The predicted octanol–water partition coefficient (Wildman–Crippen LogP) is 6.65. The number of para-hydroxylation sites is 1. The molecule has 0 amide bonds. The molecule has 8 heteroatoms. The van der Waals surface area contributed by atoms with Gasteiger partial charge in [0.1, 0.15) is 23.5 Å². The van der Waals surface area contributed by atoms with Crippen LogP contribution in [0, 0.1) is 0 Å². The van der Waals surface area contributed by atoms with Crippen molar-refractivity contribution in [1.82, 2.24) is 9.97 Å². The molecule has 0 bridgehead atoms. The minimum absolute atomic E-state index is 0.369. The quantitative estimate of drug-likeness (QED) is 0.313. The van der Waals surface area contributed by atoms with E-state index >= 15 is 0 Å². The molecule has 150 valence electrons. The number of hydrogen-bond donors (Lipinski definition) is 3. The van der Waals surface area contributed by atoms with Gasteiger partial charge in [-0.25, -0.2) is 9.97 Å². The van der Waals surface area contributed by atoms with E-state index in [0.717, 1.165) is 17.2 Å². The van der Waals surface area contributed by atoms with E-state index in [0.29, 0.717) is 33.1 Å². The minimum atomic E-state index is 0.369. The molecule has 0 atom stereocenters. The third kappa shape index (κ3) is 4.74. The van der Waals surface area contributed by atoms with Crippen molar-refractivity contribution in [3.05, 3.63) is 89.2 Å². The zero-order valence-corrected chi connectivity index (χ0v) is 17.2. The molecule has 6 nitrogen and oxygen atoms in total. The number of rotatable bonds is 6. The Hall–Kier alpha value is -3.48. The molecule has 0 spiro atoms. The van der Waals surface area contributed by atoms with Gasteiger partial charge in [-0.3, -0.25) is 0 Å². The highest BCUT2D eigenvalue weighted by Crippen LogP contribution is 2.31.